The summed E-state index contributed by atoms with van der Waals surface area (Å²) in [5.41, 5.74) is -3.86. The standard InChI is InChI=1S/C26H6F6N6/c27-25(28,29)20-2-1-12-14-4-15-13-3-11(7-33)21(26(30,31)32)6-18(13)23(37-9-35)16(15)5-17(14)24(38-10-36)22(12)19(20)8-34/h1-6H/b37-23+,38-24-. The van der Waals surface area contributed by atoms with Crippen LogP contribution in [0.1, 0.15) is 22.3 Å². The molecule has 0 unspecified atom stereocenters. The molecular weight excluding hydrogens is 510 g/mol. The van der Waals surface area contributed by atoms with Crippen LogP contribution in [0.3, 0.4) is 0 Å². The lowest BCUT2D eigenvalue weighted by Crippen LogP contribution is -2.10. The van der Waals surface area contributed by atoms with Gasteiger partial charge in [-0.3, -0.25) is 0 Å². The minimum absolute atomic E-state index is 0.0688. The molecule has 0 saturated carbocycles. The number of fused-ring (bicyclic) bond motifs is 6. The first-order valence-corrected chi connectivity index (χ1v) is 10.4. The summed E-state index contributed by atoms with van der Waals surface area (Å²) in [5, 5.41) is 37.9. The molecule has 0 saturated heterocycles. The fraction of sp³-hybridized carbons (Fsp3) is 0.0769. The summed E-state index contributed by atoms with van der Waals surface area (Å²) in [5.74, 6) is 0. The van der Waals surface area contributed by atoms with E-state index in [1.54, 1.807) is 6.07 Å². The maximum atomic E-state index is 13.6. The van der Waals surface area contributed by atoms with Gasteiger partial charge in [0.1, 0.15) is 6.07 Å². The molecule has 5 aromatic rings. The highest BCUT2D eigenvalue weighted by Gasteiger charge is 2.36. The van der Waals surface area contributed by atoms with Crippen molar-refractivity contribution in [2.75, 3.05) is 0 Å². The van der Waals surface area contributed by atoms with E-state index in [9.17, 15) is 47.4 Å². The van der Waals surface area contributed by atoms with E-state index in [1.165, 1.54) is 30.6 Å². The normalized spacial score (nSPS) is 13.2. The molecule has 0 aliphatic carbocycles. The molecule has 0 radical (unpaired) electrons. The van der Waals surface area contributed by atoms with Crippen LogP contribution >= 0.6 is 0 Å². The van der Waals surface area contributed by atoms with E-state index in [2.05, 4.69) is 9.98 Å². The van der Waals surface area contributed by atoms with E-state index in [4.69, 9.17) is 0 Å². The number of nitrogens with zero attached hydrogens (tertiary/aromatic N) is 6. The lowest BCUT2D eigenvalue weighted by molar-refractivity contribution is -0.138. The van der Waals surface area contributed by atoms with Gasteiger partial charge in [0.05, 0.1) is 39.0 Å². The van der Waals surface area contributed by atoms with Gasteiger partial charge in [0.2, 0.25) is 12.4 Å². The molecule has 12 heteroatoms. The molecular formula is C26H6F6N6. The zero-order chi connectivity index (χ0) is 27.6. The van der Waals surface area contributed by atoms with E-state index < -0.39 is 34.6 Å². The van der Waals surface area contributed by atoms with Crippen LogP contribution in [-0.4, -0.2) is 0 Å². The van der Waals surface area contributed by atoms with Crippen LogP contribution in [0.2, 0.25) is 0 Å². The Balaban J connectivity index is 2.08. The van der Waals surface area contributed by atoms with Crippen molar-refractivity contribution in [3.8, 4) is 24.5 Å². The summed E-state index contributed by atoms with van der Waals surface area (Å²) >= 11 is 0. The van der Waals surface area contributed by atoms with Gasteiger partial charge in [0, 0.05) is 21.5 Å². The first-order valence-electron chi connectivity index (χ1n) is 10.4. The number of hydrogen-bond donors (Lipinski definition) is 0. The average molecular weight is 516 g/mol. The Kier molecular flexibility index (Phi) is 5.12. The van der Waals surface area contributed by atoms with E-state index in [0.29, 0.717) is 0 Å². The van der Waals surface area contributed by atoms with Crippen LogP contribution in [0.25, 0.3) is 43.1 Å². The van der Waals surface area contributed by atoms with Crippen LogP contribution < -0.4 is 10.7 Å². The monoisotopic (exact) mass is 516 g/mol. The molecule has 5 rings (SSSR count). The first-order chi connectivity index (χ1) is 18.0. The molecule has 0 bridgehead atoms. The summed E-state index contributed by atoms with van der Waals surface area (Å²) in [6.45, 7) is 0. The van der Waals surface area contributed by atoms with Gasteiger partial charge in [-0.1, -0.05) is 6.07 Å². The lowest BCUT2D eigenvalue weighted by atomic mass is 10.0. The Labute approximate surface area is 207 Å². The second-order valence-corrected chi connectivity index (χ2v) is 8.14. The van der Waals surface area contributed by atoms with Crippen LogP contribution in [0, 0.1) is 45.6 Å². The predicted octanol–water partition coefficient (Wildman–Crippen LogP) is 5.72. The van der Waals surface area contributed by atoms with E-state index in [0.717, 1.165) is 24.3 Å². The number of benzene rings is 3. The third-order valence-corrected chi connectivity index (χ3v) is 6.27. The van der Waals surface area contributed by atoms with Gasteiger partial charge < -0.3 is 0 Å². The average Bonchev–Trinajstić information content (AvgIpc) is 3.32. The minimum Gasteiger partial charge on any atom is -0.192 e. The van der Waals surface area contributed by atoms with Crippen molar-refractivity contribution in [1.29, 1.82) is 21.0 Å². The molecule has 5 aromatic carbocycles. The van der Waals surface area contributed by atoms with Crippen LogP contribution in [0.15, 0.2) is 46.4 Å². The summed E-state index contributed by atoms with van der Waals surface area (Å²) in [6.07, 6.45) is -6.69. The maximum absolute atomic E-state index is 13.6. The summed E-state index contributed by atoms with van der Waals surface area (Å²) in [4.78, 5) is 7.34. The second-order valence-electron chi connectivity index (χ2n) is 8.14. The van der Waals surface area contributed by atoms with Crippen molar-refractivity contribution in [3.05, 3.63) is 69.4 Å². The van der Waals surface area contributed by atoms with Crippen molar-refractivity contribution in [3.63, 3.8) is 0 Å². The largest absolute Gasteiger partial charge is 0.417 e. The number of rotatable bonds is 0. The molecule has 0 aliphatic heterocycles. The number of alkyl halides is 6. The van der Waals surface area contributed by atoms with E-state index in [-0.39, 0.29) is 53.8 Å². The highest BCUT2D eigenvalue weighted by molar-refractivity contribution is 6.22. The molecule has 0 atom stereocenters. The second kappa shape index (κ2) is 8.03. The Morgan fingerprint density at radius 3 is 1.66 bits per heavy atom. The van der Waals surface area contributed by atoms with Crippen LogP contribution in [0.5, 0.6) is 0 Å². The summed E-state index contributed by atoms with van der Waals surface area (Å²) < 4.78 is 81.7. The molecule has 38 heavy (non-hydrogen) atoms. The highest BCUT2D eigenvalue weighted by atomic mass is 19.4. The molecule has 6 nitrogen and oxygen atoms in total. The topological polar surface area (TPSA) is 120 Å². The lowest BCUT2D eigenvalue weighted by Gasteiger charge is -2.09. The molecule has 0 aromatic heterocycles. The minimum atomic E-state index is -4.87. The highest BCUT2D eigenvalue weighted by Crippen LogP contribution is 2.40. The molecule has 0 N–H and O–H groups in total. The molecule has 182 valence electrons. The fourth-order valence-electron chi connectivity index (χ4n) is 4.82. The summed E-state index contributed by atoms with van der Waals surface area (Å²) in [6, 6.07) is 9.44. The van der Waals surface area contributed by atoms with Crippen molar-refractivity contribution in [1.82, 2.24) is 0 Å². The summed E-state index contributed by atoms with van der Waals surface area (Å²) in [7, 11) is 0. The van der Waals surface area contributed by atoms with Gasteiger partial charge in [0.25, 0.3) is 0 Å². The van der Waals surface area contributed by atoms with Crippen molar-refractivity contribution in [2.45, 2.75) is 12.4 Å². The van der Waals surface area contributed by atoms with Crippen LogP contribution in [0.4, 0.5) is 26.3 Å². The van der Waals surface area contributed by atoms with Crippen molar-refractivity contribution >= 4 is 43.1 Å². The number of nitriles is 4. The Morgan fingerprint density at radius 2 is 1.08 bits per heavy atom. The molecule has 0 spiro atoms. The predicted molar refractivity (Wildman–Crippen MR) is 121 cm³/mol. The quantitative estimate of drug-likeness (QED) is 0.193. The fourth-order valence-corrected chi connectivity index (χ4v) is 4.82. The maximum Gasteiger partial charge on any atom is 0.417 e. The van der Waals surface area contributed by atoms with Gasteiger partial charge in [-0.25, -0.2) is 0 Å². The van der Waals surface area contributed by atoms with Gasteiger partial charge in [0.15, 0.2) is 0 Å². The Bertz CT molecular complexity index is 2130. The zero-order valence-electron chi connectivity index (χ0n) is 18.4. The Hall–Kier alpha value is -5.46. The van der Waals surface area contributed by atoms with Crippen molar-refractivity contribution < 1.29 is 26.3 Å². The Morgan fingerprint density at radius 1 is 0.553 bits per heavy atom. The molecule has 0 aliphatic rings. The first kappa shape index (κ1) is 24.2. The van der Waals surface area contributed by atoms with E-state index >= 15 is 0 Å². The van der Waals surface area contributed by atoms with Gasteiger partial charge in [-0.2, -0.15) is 57.4 Å². The molecule has 0 heterocycles. The zero-order valence-corrected chi connectivity index (χ0v) is 18.4. The van der Waals surface area contributed by atoms with Crippen LogP contribution in [-0.2, 0) is 12.4 Å². The smallest absolute Gasteiger partial charge is 0.192 e. The number of hydrogen-bond acceptors (Lipinski definition) is 6. The SMILES string of the molecule is N#C/N=c1/c2cc(C(F)(F)F)c(C#N)cc2c2cc3c(cc12)/c(=N/C#N)c1c(C#N)c(C(F)(F)F)ccc13. The van der Waals surface area contributed by atoms with Gasteiger partial charge in [-0.15, -0.1) is 0 Å². The van der Waals surface area contributed by atoms with E-state index in [1.807, 2.05) is 0 Å². The van der Waals surface area contributed by atoms with Crippen molar-refractivity contribution in [2.24, 2.45) is 9.98 Å². The third-order valence-electron chi connectivity index (χ3n) is 6.27. The number of halogens is 6. The molecule has 0 fully saturated rings. The molecule has 0 amide bonds. The van der Waals surface area contributed by atoms with Gasteiger partial charge in [-0.05, 0) is 51.9 Å². The van der Waals surface area contributed by atoms with Gasteiger partial charge >= 0.3 is 12.4 Å². The third kappa shape index (κ3) is 3.32.